The molecule has 1 amide bonds. The maximum atomic E-state index is 13.8. The normalized spacial score (nSPS) is 24.6. The lowest BCUT2D eigenvalue weighted by molar-refractivity contribution is -0.150. The van der Waals surface area contributed by atoms with Crippen LogP contribution in [0.2, 0.25) is 0 Å². The maximum absolute atomic E-state index is 13.8. The molecule has 0 aliphatic carbocycles. The summed E-state index contributed by atoms with van der Waals surface area (Å²) in [6, 6.07) is 0. The number of alkyl halides is 1. The Morgan fingerprint density at radius 2 is 1.94 bits per heavy atom. The van der Waals surface area contributed by atoms with Crippen LogP contribution in [0.4, 0.5) is 9.18 Å². The van der Waals surface area contributed by atoms with Crippen molar-refractivity contribution in [1.82, 2.24) is 4.90 Å². The van der Waals surface area contributed by atoms with E-state index < -0.39 is 29.8 Å². The summed E-state index contributed by atoms with van der Waals surface area (Å²) in [6.45, 7) is 5.42. The molecule has 2 atom stereocenters. The Hall–Kier alpha value is -1.33. The molecule has 1 heterocycles. The molecule has 0 spiro atoms. The van der Waals surface area contributed by atoms with E-state index in [0.717, 1.165) is 0 Å². The molecule has 1 unspecified atom stereocenters. The van der Waals surface area contributed by atoms with Gasteiger partial charge in [-0.1, -0.05) is 0 Å². The molecule has 1 fully saturated rings. The van der Waals surface area contributed by atoms with Gasteiger partial charge in [0.25, 0.3) is 0 Å². The van der Waals surface area contributed by atoms with Crippen LogP contribution in [0.25, 0.3) is 0 Å². The van der Waals surface area contributed by atoms with Crippen molar-refractivity contribution in [2.75, 3.05) is 20.2 Å². The molecule has 5 nitrogen and oxygen atoms in total. The van der Waals surface area contributed by atoms with Crippen molar-refractivity contribution in [3.8, 4) is 0 Å². The fourth-order valence-electron chi connectivity index (χ4n) is 1.81. The molecule has 0 N–H and O–H groups in total. The highest BCUT2D eigenvalue weighted by atomic mass is 19.1. The number of halogens is 1. The number of amides is 1. The second-order valence-corrected chi connectivity index (χ2v) is 5.36. The van der Waals surface area contributed by atoms with Crippen molar-refractivity contribution in [2.24, 2.45) is 5.92 Å². The standard InChI is InChI=1S/C12H20FNO4/c1-12(2,3)18-11(16)14-6-5-8(9(13)7-14)10(15)17-4/h8-9H,5-7H2,1-4H3/t8?,9-/m1/s1. The topological polar surface area (TPSA) is 55.8 Å². The van der Waals surface area contributed by atoms with Crippen LogP contribution in [-0.2, 0) is 14.3 Å². The molecule has 1 rings (SSSR count). The van der Waals surface area contributed by atoms with Crippen LogP contribution in [0.3, 0.4) is 0 Å². The van der Waals surface area contributed by atoms with E-state index in [0.29, 0.717) is 6.54 Å². The zero-order valence-corrected chi connectivity index (χ0v) is 11.2. The Bertz CT molecular complexity index is 327. The number of rotatable bonds is 1. The summed E-state index contributed by atoms with van der Waals surface area (Å²) in [5, 5.41) is 0. The first-order chi connectivity index (χ1) is 8.24. The number of piperidine rings is 1. The van der Waals surface area contributed by atoms with E-state index in [9.17, 15) is 14.0 Å². The van der Waals surface area contributed by atoms with Gasteiger partial charge in [0.2, 0.25) is 0 Å². The summed E-state index contributed by atoms with van der Waals surface area (Å²) in [7, 11) is 1.23. The first-order valence-corrected chi connectivity index (χ1v) is 5.94. The van der Waals surface area contributed by atoms with Gasteiger partial charge in [-0.3, -0.25) is 4.79 Å². The minimum atomic E-state index is -1.40. The Kier molecular flexibility index (Phi) is 4.53. The number of esters is 1. The van der Waals surface area contributed by atoms with Crippen LogP contribution >= 0.6 is 0 Å². The van der Waals surface area contributed by atoms with E-state index in [2.05, 4.69) is 4.74 Å². The van der Waals surface area contributed by atoms with Crippen molar-refractivity contribution in [3.63, 3.8) is 0 Å². The van der Waals surface area contributed by atoms with Crippen molar-refractivity contribution >= 4 is 12.1 Å². The summed E-state index contributed by atoms with van der Waals surface area (Å²) < 4.78 is 23.5. The average Bonchev–Trinajstić information content (AvgIpc) is 2.25. The third-order valence-corrected chi connectivity index (χ3v) is 2.70. The summed E-state index contributed by atoms with van der Waals surface area (Å²) in [5.41, 5.74) is -0.609. The molecule has 104 valence electrons. The summed E-state index contributed by atoms with van der Waals surface area (Å²) in [5.74, 6) is -1.35. The minimum absolute atomic E-state index is 0.130. The van der Waals surface area contributed by atoms with Crippen LogP contribution < -0.4 is 0 Å². The molecular formula is C12H20FNO4. The van der Waals surface area contributed by atoms with Gasteiger partial charge in [-0.05, 0) is 27.2 Å². The molecule has 0 radical (unpaired) electrons. The van der Waals surface area contributed by atoms with Crippen molar-refractivity contribution in [1.29, 1.82) is 0 Å². The van der Waals surface area contributed by atoms with Gasteiger partial charge in [0.15, 0.2) is 0 Å². The number of carbonyl (C=O) groups excluding carboxylic acids is 2. The second-order valence-electron chi connectivity index (χ2n) is 5.36. The van der Waals surface area contributed by atoms with E-state index in [1.807, 2.05) is 0 Å². The third-order valence-electron chi connectivity index (χ3n) is 2.70. The summed E-state index contributed by atoms with van der Waals surface area (Å²) in [6.07, 6.45) is -1.69. The molecule has 1 aliphatic rings. The van der Waals surface area contributed by atoms with E-state index in [1.54, 1.807) is 20.8 Å². The summed E-state index contributed by atoms with van der Waals surface area (Å²) >= 11 is 0. The predicted octanol–water partition coefficient (Wildman–Crippen LogP) is 1.75. The van der Waals surface area contributed by atoms with Crippen molar-refractivity contribution in [3.05, 3.63) is 0 Å². The quantitative estimate of drug-likeness (QED) is 0.675. The van der Waals surface area contributed by atoms with E-state index in [1.165, 1.54) is 12.0 Å². The number of hydrogen-bond donors (Lipinski definition) is 0. The van der Waals surface area contributed by atoms with Crippen LogP contribution in [0, 0.1) is 5.92 Å². The highest BCUT2D eigenvalue weighted by molar-refractivity contribution is 5.74. The van der Waals surface area contributed by atoms with Gasteiger partial charge >= 0.3 is 12.1 Å². The lowest BCUT2D eigenvalue weighted by Crippen LogP contribution is -2.48. The van der Waals surface area contributed by atoms with Gasteiger partial charge in [-0.25, -0.2) is 9.18 Å². The van der Waals surface area contributed by atoms with Gasteiger partial charge in [-0.2, -0.15) is 0 Å². The number of nitrogens with zero attached hydrogens (tertiary/aromatic N) is 1. The highest BCUT2D eigenvalue weighted by Crippen LogP contribution is 2.23. The minimum Gasteiger partial charge on any atom is -0.469 e. The Morgan fingerprint density at radius 3 is 2.39 bits per heavy atom. The largest absolute Gasteiger partial charge is 0.469 e. The van der Waals surface area contributed by atoms with E-state index >= 15 is 0 Å². The van der Waals surface area contributed by atoms with Crippen LogP contribution in [0.15, 0.2) is 0 Å². The smallest absolute Gasteiger partial charge is 0.410 e. The first kappa shape index (κ1) is 14.7. The molecule has 0 aromatic carbocycles. The zero-order chi connectivity index (χ0) is 13.9. The second kappa shape index (κ2) is 5.54. The molecule has 0 aromatic heterocycles. The fraction of sp³-hybridized carbons (Fsp3) is 0.833. The maximum Gasteiger partial charge on any atom is 0.410 e. The van der Waals surface area contributed by atoms with Gasteiger partial charge < -0.3 is 14.4 Å². The predicted molar refractivity (Wildman–Crippen MR) is 62.8 cm³/mol. The number of methoxy groups -OCH3 is 1. The first-order valence-electron chi connectivity index (χ1n) is 5.94. The fourth-order valence-corrected chi connectivity index (χ4v) is 1.81. The molecule has 1 aliphatic heterocycles. The number of carbonyl (C=O) groups is 2. The van der Waals surface area contributed by atoms with Crippen molar-refractivity contribution < 1.29 is 23.5 Å². The molecular weight excluding hydrogens is 241 g/mol. The van der Waals surface area contributed by atoms with E-state index in [-0.39, 0.29) is 13.0 Å². The number of likely N-dealkylation sites (tertiary alicyclic amines) is 1. The van der Waals surface area contributed by atoms with Gasteiger partial charge in [0.05, 0.1) is 19.6 Å². The molecule has 0 saturated carbocycles. The molecule has 18 heavy (non-hydrogen) atoms. The van der Waals surface area contributed by atoms with Crippen LogP contribution in [0.5, 0.6) is 0 Å². The Balaban J connectivity index is 2.55. The van der Waals surface area contributed by atoms with Gasteiger partial charge in [0.1, 0.15) is 11.8 Å². The summed E-state index contributed by atoms with van der Waals surface area (Å²) in [4.78, 5) is 24.3. The van der Waals surface area contributed by atoms with Crippen LogP contribution in [0.1, 0.15) is 27.2 Å². The van der Waals surface area contributed by atoms with Crippen LogP contribution in [-0.4, -0.2) is 48.9 Å². The Labute approximate surface area is 106 Å². The van der Waals surface area contributed by atoms with Crippen molar-refractivity contribution in [2.45, 2.75) is 39.0 Å². The lowest BCUT2D eigenvalue weighted by atomic mass is 9.95. The lowest BCUT2D eigenvalue weighted by Gasteiger charge is -2.34. The third kappa shape index (κ3) is 3.85. The molecule has 0 aromatic rings. The average molecular weight is 261 g/mol. The number of hydrogen-bond acceptors (Lipinski definition) is 4. The monoisotopic (exact) mass is 261 g/mol. The van der Waals surface area contributed by atoms with E-state index in [4.69, 9.17) is 4.74 Å². The molecule has 0 bridgehead atoms. The SMILES string of the molecule is COC(=O)C1CCN(C(=O)OC(C)(C)C)C[C@H]1F. The zero-order valence-electron chi connectivity index (χ0n) is 11.2. The molecule has 6 heteroatoms. The number of ether oxygens (including phenoxy) is 2. The Morgan fingerprint density at radius 1 is 1.33 bits per heavy atom. The van der Waals surface area contributed by atoms with Gasteiger partial charge in [-0.15, -0.1) is 0 Å². The molecule has 1 saturated heterocycles. The highest BCUT2D eigenvalue weighted by Gasteiger charge is 2.37. The van der Waals surface area contributed by atoms with Gasteiger partial charge in [0, 0.05) is 6.54 Å².